The number of nitrogens with one attached hydrogen (secondary N) is 2. The van der Waals surface area contributed by atoms with E-state index in [9.17, 15) is 4.79 Å². The standard InChI is InChI=1S/C14H18N4OS2/c1-4-15-13-17-18-14(21-13)20-10(3)12(19)16-11-7-5-9(2)6-8-11/h5-8,10H,4H2,1-3H3,(H,15,17)(H,16,19)/t10-/m1/s1. The number of rotatable bonds is 6. The van der Waals surface area contributed by atoms with Crippen LogP contribution < -0.4 is 10.6 Å². The molecule has 1 heterocycles. The first-order valence-corrected chi connectivity index (χ1v) is 8.39. The highest BCUT2D eigenvalue weighted by Gasteiger charge is 2.17. The first-order chi connectivity index (χ1) is 10.1. The lowest BCUT2D eigenvalue weighted by Gasteiger charge is -2.10. The van der Waals surface area contributed by atoms with E-state index in [-0.39, 0.29) is 11.2 Å². The molecule has 0 aliphatic heterocycles. The van der Waals surface area contributed by atoms with Gasteiger partial charge in [0.2, 0.25) is 11.0 Å². The van der Waals surface area contributed by atoms with Gasteiger partial charge in [-0.2, -0.15) is 0 Å². The SMILES string of the molecule is CCNc1nnc(S[C@H](C)C(=O)Nc2ccc(C)cc2)s1. The minimum atomic E-state index is -0.228. The zero-order valence-electron chi connectivity index (χ0n) is 12.2. The Bertz CT molecular complexity index is 597. The summed E-state index contributed by atoms with van der Waals surface area (Å²) in [7, 11) is 0. The molecular formula is C14H18N4OS2. The van der Waals surface area contributed by atoms with Crippen LogP contribution >= 0.6 is 23.1 Å². The number of hydrogen-bond donors (Lipinski definition) is 2. The lowest BCUT2D eigenvalue weighted by Crippen LogP contribution is -2.22. The van der Waals surface area contributed by atoms with Gasteiger partial charge in [-0.15, -0.1) is 10.2 Å². The van der Waals surface area contributed by atoms with Crippen LogP contribution in [0.25, 0.3) is 0 Å². The van der Waals surface area contributed by atoms with Crippen molar-refractivity contribution in [3.05, 3.63) is 29.8 Å². The number of hydrogen-bond acceptors (Lipinski definition) is 6. The van der Waals surface area contributed by atoms with Crippen LogP contribution in [0.2, 0.25) is 0 Å². The Morgan fingerprint density at radius 2 is 2.05 bits per heavy atom. The molecule has 2 rings (SSSR count). The maximum atomic E-state index is 12.1. The van der Waals surface area contributed by atoms with E-state index in [1.165, 1.54) is 28.7 Å². The van der Waals surface area contributed by atoms with Crippen molar-refractivity contribution in [1.29, 1.82) is 0 Å². The van der Waals surface area contributed by atoms with E-state index in [0.717, 1.165) is 21.7 Å². The molecule has 2 aromatic rings. The van der Waals surface area contributed by atoms with Crippen LogP contribution in [0, 0.1) is 6.92 Å². The molecule has 1 amide bonds. The number of nitrogens with zero attached hydrogens (tertiary/aromatic N) is 2. The molecule has 0 spiro atoms. The molecule has 0 radical (unpaired) electrons. The first kappa shape index (κ1) is 15.8. The van der Waals surface area contributed by atoms with Crippen LogP contribution in [0.5, 0.6) is 0 Å². The number of carbonyl (C=O) groups is 1. The molecule has 5 nitrogen and oxygen atoms in total. The summed E-state index contributed by atoms with van der Waals surface area (Å²) in [4.78, 5) is 12.1. The van der Waals surface area contributed by atoms with Crippen LogP contribution in [-0.4, -0.2) is 27.9 Å². The molecule has 112 valence electrons. The number of carbonyl (C=O) groups excluding carboxylic acids is 1. The van der Waals surface area contributed by atoms with Crippen molar-refractivity contribution in [3.8, 4) is 0 Å². The van der Waals surface area contributed by atoms with Gasteiger partial charge < -0.3 is 10.6 Å². The third kappa shape index (κ3) is 4.71. The van der Waals surface area contributed by atoms with E-state index in [1.54, 1.807) is 0 Å². The van der Waals surface area contributed by atoms with Crippen molar-refractivity contribution in [1.82, 2.24) is 10.2 Å². The number of benzene rings is 1. The summed E-state index contributed by atoms with van der Waals surface area (Å²) in [6.45, 7) is 6.69. The van der Waals surface area contributed by atoms with Gasteiger partial charge in [-0.05, 0) is 32.9 Å². The maximum absolute atomic E-state index is 12.1. The van der Waals surface area contributed by atoms with Crippen LogP contribution in [0.4, 0.5) is 10.8 Å². The van der Waals surface area contributed by atoms with Crippen LogP contribution in [-0.2, 0) is 4.79 Å². The van der Waals surface area contributed by atoms with Gasteiger partial charge in [0.1, 0.15) is 0 Å². The summed E-state index contributed by atoms with van der Waals surface area (Å²) in [5, 5.41) is 14.6. The molecule has 0 unspecified atom stereocenters. The molecular weight excluding hydrogens is 304 g/mol. The first-order valence-electron chi connectivity index (χ1n) is 6.70. The molecule has 1 aromatic heterocycles. The van der Waals surface area contributed by atoms with E-state index in [0.29, 0.717) is 0 Å². The van der Waals surface area contributed by atoms with Crippen molar-refractivity contribution in [2.24, 2.45) is 0 Å². The van der Waals surface area contributed by atoms with Gasteiger partial charge in [0.25, 0.3) is 0 Å². The molecule has 0 aliphatic carbocycles. The van der Waals surface area contributed by atoms with Crippen LogP contribution in [0.3, 0.4) is 0 Å². The van der Waals surface area contributed by atoms with E-state index in [1.807, 2.05) is 45.0 Å². The molecule has 0 fully saturated rings. The smallest absolute Gasteiger partial charge is 0.237 e. The maximum Gasteiger partial charge on any atom is 0.237 e. The molecule has 2 N–H and O–H groups in total. The van der Waals surface area contributed by atoms with Crippen LogP contribution in [0.1, 0.15) is 19.4 Å². The van der Waals surface area contributed by atoms with E-state index >= 15 is 0 Å². The fourth-order valence-corrected chi connectivity index (χ4v) is 3.53. The quantitative estimate of drug-likeness (QED) is 0.798. The highest BCUT2D eigenvalue weighted by molar-refractivity contribution is 8.02. The summed E-state index contributed by atoms with van der Waals surface area (Å²) in [6, 6.07) is 7.75. The summed E-state index contributed by atoms with van der Waals surface area (Å²) in [5.74, 6) is -0.0379. The number of aryl methyl sites for hydroxylation is 1. The Kier molecular flexibility index (Phi) is 5.58. The fourth-order valence-electron chi connectivity index (χ4n) is 1.57. The van der Waals surface area contributed by atoms with Crippen molar-refractivity contribution >= 4 is 39.8 Å². The number of amides is 1. The van der Waals surface area contributed by atoms with Crippen molar-refractivity contribution in [3.63, 3.8) is 0 Å². The molecule has 0 saturated carbocycles. The van der Waals surface area contributed by atoms with Gasteiger partial charge in [-0.3, -0.25) is 4.79 Å². The highest BCUT2D eigenvalue weighted by Crippen LogP contribution is 2.29. The lowest BCUT2D eigenvalue weighted by atomic mass is 10.2. The van der Waals surface area contributed by atoms with Gasteiger partial charge in [-0.25, -0.2) is 0 Å². The molecule has 0 bridgehead atoms. The predicted octanol–water partition coefficient (Wildman–Crippen LogP) is 3.40. The van der Waals surface area contributed by atoms with Crippen molar-refractivity contribution in [2.45, 2.75) is 30.4 Å². The summed E-state index contributed by atoms with van der Waals surface area (Å²) in [6.07, 6.45) is 0. The summed E-state index contributed by atoms with van der Waals surface area (Å²) >= 11 is 2.87. The minimum absolute atomic E-state index is 0.0379. The van der Waals surface area contributed by atoms with Gasteiger partial charge in [-0.1, -0.05) is 40.8 Å². The largest absolute Gasteiger partial charge is 0.360 e. The molecule has 7 heteroatoms. The van der Waals surface area contributed by atoms with Gasteiger partial charge in [0.05, 0.1) is 5.25 Å². The zero-order chi connectivity index (χ0) is 15.2. The molecule has 0 aliphatic rings. The Labute approximate surface area is 132 Å². The van der Waals surface area contributed by atoms with Crippen LogP contribution in [0.15, 0.2) is 28.6 Å². The van der Waals surface area contributed by atoms with Crippen molar-refractivity contribution < 1.29 is 4.79 Å². The molecule has 1 atom stereocenters. The monoisotopic (exact) mass is 322 g/mol. The summed E-state index contributed by atoms with van der Waals surface area (Å²) in [5.41, 5.74) is 1.98. The lowest BCUT2D eigenvalue weighted by molar-refractivity contribution is -0.115. The third-order valence-electron chi connectivity index (χ3n) is 2.70. The third-order valence-corrected chi connectivity index (χ3v) is 4.77. The second-order valence-corrected chi connectivity index (χ2v) is 7.08. The van der Waals surface area contributed by atoms with Gasteiger partial charge in [0, 0.05) is 12.2 Å². The van der Waals surface area contributed by atoms with E-state index < -0.39 is 0 Å². The second-order valence-electron chi connectivity index (χ2n) is 4.52. The molecule has 21 heavy (non-hydrogen) atoms. The summed E-state index contributed by atoms with van der Waals surface area (Å²) < 4.78 is 0.789. The Morgan fingerprint density at radius 1 is 1.33 bits per heavy atom. The predicted molar refractivity (Wildman–Crippen MR) is 89.2 cm³/mol. The van der Waals surface area contributed by atoms with Gasteiger partial charge >= 0.3 is 0 Å². The second kappa shape index (κ2) is 7.42. The Hall–Kier alpha value is -1.60. The van der Waals surface area contributed by atoms with E-state index in [4.69, 9.17) is 0 Å². The average Bonchev–Trinajstić information content (AvgIpc) is 2.89. The van der Waals surface area contributed by atoms with Crippen molar-refractivity contribution in [2.75, 3.05) is 17.2 Å². The normalized spacial score (nSPS) is 12.0. The molecule has 0 saturated heterocycles. The van der Waals surface area contributed by atoms with E-state index in [2.05, 4.69) is 20.8 Å². The minimum Gasteiger partial charge on any atom is -0.360 e. The Balaban J connectivity index is 1.90. The average molecular weight is 322 g/mol. The fraction of sp³-hybridized carbons (Fsp3) is 0.357. The zero-order valence-corrected chi connectivity index (χ0v) is 13.8. The highest BCUT2D eigenvalue weighted by atomic mass is 32.2. The number of anilines is 2. The Morgan fingerprint density at radius 3 is 2.71 bits per heavy atom. The van der Waals surface area contributed by atoms with Gasteiger partial charge in [0.15, 0.2) is 4.34 Å². The number of thioether (sulfide) groups is 1. The topological polar surface area (TPSA) is 66.9 Å². The number of aromatic nitrogens is 2. The molecule has 1 aromatic carbocycles.